The molecule has 2 rings (SSSR count). The van der Waals surface area contributed by atoms with E-state index >= 15 is 0 Å². The molecule has 13 heavy (non-hydrogen) atoms. The molecule has 1 aromatic carbocycles. The topological polar surface area (TPSA) is 41.8 Å². The van der Waals surface area contributed by atoms with Gasteiger partial charge >= 0.3 is 0 Å². The Balaban J connectivity index is 2.53. The third-order valence-corrected chi connectivity index (χ3v) is 1.88. The molecule has 0 bridgehead atoms. The van der Waals surface area contributed by atoms with Crippen molar-refractivity contribution in [2.75, 3.05) is 5.73 Å². The largest absolute Gasteiger partial charge is 0.399 e. The second-order valence-electron chi connectivity index (χ2n) is 2.82. The number of rotatable bonds is 1. The van der Waals surface area contributed by atoms with E-state index in [1.807, 2.05) is 12.1 Å². The van der Waals surface area contributed by atoms with E-state index in [2.05, 4.69) is 4.98 Å². The van der Waals surface area contributed by atoms with Crippen molar-refractivity contribution in [1.29, 1.82) is 0 Å². The summed E-state index contributed by atoms with van der Waals surface area (Å²) in [5.74, 6) is -0.303. The summed E-state index contributed by atoms with van der Waals surface area (Å²) in [5, 5.41) is 0. The van der Waals surface area contributed by atoms with Crippen molar-refractivity contribution < 1.29 is 4.39 Å². The maximum atomic E-state index is 13.3. The molecule has 0 saturated heterocycles. The number of nitrogens with one attached hydrogen (secondary N) is 1. The van der Waals surface area contributed by atoms with Gasteiger partial charge in [-0.2, -0.15) is 0 Å². The second-order valence-corrected chi connectivity index (χ2v) is 2.82. The summed E-state index contributed by atoms with van der Waals surface area (Å²) in [5.41, 5.74) is 7.17. The molecule has 66 valence electrons. The monoisotopic (exact) mass is 176 g/mol. The zero-order valence-corrected chi connectivity index (χ0v) is 6.92. The molecule has 3 heteroatoms. The fourth-order valence-corrected chi connectivity index (χ4v) is 1.25. The molecule has 0 saturated carbocycles. The third kappa shape index (κ3) is 1.40. The van der Waals surface area contributed by atoms with E-state index in [4.69, 9.17) is 5.73 Å². The molecule has 0 aliphatic heterocycles. The Hall–Kier alpha value is -1.77. The molecule has 0 spiro atoms. The van der Waals surface area contributed by atoms with Crippen LogP contribution >= 0.6 is 0 Å². The van der Waals surface area contributed by atoms with Crippen LogP contribution in [-0.2, 0) is 0 Å². The fraction of sp³-hybridized carbons (Fsp3) is 0. The van der Waals surface area contributed by atoms with Gasteiger partial charge in [-0.3, -0.25) is 0 Å². The van der Waals surface area contributed by atoms with Gasteiger partial charge in [0.1, 0.15) is 5.82 Å². The lowest BCUT2D eigenvalue weighted by Gasteiger charge is -2.00. The minimum absolute atomic E-state index is 0.303. The van der Waals surface area contributed by atoms with Crippen LogP contribution in [0.4, 0.5) is 10.1 Å². The van der Waals surface area contributed by atoms with Gasteiger partial charge in [0.15, 0.2) is 0 Å². The van der Waals surface area contributed by atoms with Gasteiger partial charge in [0.2, 0.25) is 0 Å². The highest BCUT2D eigenvalue weighted by Crippen LogP contribution is 2.22. The first-order chi connectivity index (χ1) is 6.27. The lowest BCUT2D eigenvalue weighted by atomic mass is 10.1. The highest BCUT2D eigenvalue weighted by atomic mass is 19.1. The summed E-state index contributed by atoms with van der Waals surface area (Å²) in [4.78, 5) is 2.93. The molecule has 1 heterocycles. The standard InChI is InChI=1S/C10H9FN2/c11-9-6-7(12)3-4-8(9)10-2-1-5-13-10/h1-6,13H,12H2. The van der Waals surface area contributed by atoms with Crippen LogP contribution in [0, 0.1) is 5.82 Å². The number of hydrogen-bond donors (Lipinski definition) is 2. The lowest BCUT2D eigenvalue weighted by Crippen LogP contribution is -1.89. The number of hydrogen-bond acceptors (Lipinski definition) is 1. The SMILES string of the molecule is Nc1ccc(-c2ccc[nH]2)c(F)c1. The number of anilines is 1. The number of nitrogens with two attached hydrogens (primary N) is 1. The summed E-state index contributed by atoms with van der Waals surface area (Å²) in [6.07, 6.45) is 1.76. The van der Waals surface area contributed by atoms with Crippen molar-refractivity contribution >= 4 is 5.69 Å². The van der Waals surface area contributed by atoms with Crippen LogP contribution in [0.1, 0.15) is 0 Å². The van der Waals surface area contributed by atoms with E-state index in [0.717, 1.165) is 5.69 Å². The van der Waals surface area contributed by atoms with Crippen LogP contribution in [0.3, 0.4) is 0 Å². The van der Waals surface area contributed by atoms with Crippen molar-refractivity contribution in [3.05, 3.63) is 42.3 Å². The Morgan fingerprint density at radius 1 is 1.23 bits per heavy atom. The smallest absolute Gasteiger partial charge is 0.134 e. The summed E-state index contributed by atoms with van der Waals surface area (Å²) in [6, 6.07) is 8.30. The van der Waals surface area contributed by atoms with Gasteiger partial charge in [0.25, 0.3) is 0 Å². The quantitative estimate of drug-likeness (QED) is 0.643. The summed E-state index contributed by atoms with van der Waals surface area (Å²) < 4.78 is 13.3. The number of halogens is 1. The first-order valence-corrected chi connectivity index (χ1v) is 3.96. The molecule has 0 aliphatic carbocycles. The third-order valence-electron chi connectivity index (χ3n) is 1.88. The van der Waals surface area contributed by atoms with E-state index in [-0.39, 0.29) is 5.82 Å². The molecule has 1 aromatic heterocycles. The van der Waals surface area contributed by atoms with Gasteiger partial charge in [-0.1, -0.05) is 0 Å². The summed E-state index contributed by atoms with van der Waals surface area (Å²) >= 11 is 0. The number of aromatic nitrogens is 1. The van der Waals surface area contributed by atoms with Gasteiger partial charge in [-0.25, -0.2) is 4.39 Å². The van der Waals surface area contributed by atoms with E-state index < -0.39 is 0 Å². The zero-order chi connectivity index (χ0) is 9.26. The van der Waals surface area contributed by atoms with Crippen molar-refractivity contribution in [1.82, 2.24) is 4.98 Å². The Bertz CT molecular complexity index is 407. The second kappa shape index (κ2) is 2.94. The molecule has 3 N–H and O–H groups in total. The molecule has 0 aliphatic rings. The summed E-state index contributed by atoms with van der Waals surface area (Å²) in [7, 11) is 0. The molecule has 0 atom stereocenters. The molecular formula is C10H9FN2. The Morgan fingerprint density at radius 3 is 2.69 bits per heavy atom. The highest BCUT2D eigenvalue weighted by molar-refractivity contribution is 5.62. The zero-order valence-electron chi connectivity index (χ0n) is 6.92. The molecule has 0 amide bonds. The average molecular weight is 176 g/mol. The van der Waals surface area contributed by atoms with Gasteiger partial charge < -0.3 is 10.7 Å². The van der Waals surface area contributed by atoms with Crippen LogP contribution in [0.5, 0.6) is 0 Å². The van der Waals surface area contributed by atoms with E-state index in [0.29, 0.717) is 11.3 Å². The average Bonchev–Trinajstić information content (AvgIpc) is 2.56. The molecule has 0 fully saturated rings. The van der Waals surface area contributed by atoms with Crippen LogP contribution < -0.4 is 5.73 Å². The van der Waals surface area contributed by atoms with Crippen LogP contribution in [-0.4, -0.2) is 4.98 Å². The predicted octanol–water partition coefficient (Wildman–Crippen LogP) is 2.40. The van der Waals surface area contributed by atoms with Crippen LogP contribution in [0.25, 0.3) is 11.3 Å². The Morgan fingerprint density at radius 2 is 2.08 bits per heavy atom. The molecule has 0 unspecified atom stereocenters. The van der Waals surface area contributed by atoms with E-state index in [1.54, 1.807) is 18.3 Å². The lowest BCUT2D eigenvalue weighted by molar-refractivity contribution is 0.631. The van der Waals surface area contributed by atoms with Gasteiger partial charge in [0, 0.05) is 23.1 Å². The van der Waals surface area contributed by atoms with Crippen molar-refractivity contribution in [2.45, 2.75) is 0 Å². The molecule has 2 aromatic rings. The first-order valence-electron chi connectivity index (χ1n) is 3.96. The maximum absolute atomic E-state index is 13.3. The molecular weight excluding hydrogens is 167 g/mol. The fourth-order valence-electron chi connectivity index (χ4n) is 1.25. The number of benzene rings is 1. The first kappa shape index (κ1) is 7.86. The Kier molecular flexibility index (Phi) is 1.77. The summed E-state index contributed by atoms with van der Waals surface area (Å²) in [6.45, 7) is 0. The predicted molar refractivity (Wildman–Crippen MR) is 50.6 cm³/mol. The van der Waals surface area contributed by atoms with Crippen molar-refractivity contribution in [3.8, 4) is 11.3 Å². The number of aromatic amines is 1. The van der Waals surface area contributed by atoms with Gasteiger partial charge in [-0.05, 0) is 30.3 Å². The number of H-pyrrole nitrogens is 1. The number of nitrogen functional groups attached to an aromatic ring is 1. The van der Waals surface area contributed by atoms with E-state index in [9.17, 15) is 4.39 Å². The minimum atomic E-state index is -0.303. The van der Waals surface area contributed by atoms with Crippen LogP contribution in [0.15, 0.2) is 36.5 Å². The molecule has 0 radical (unpaired) electrons. The molecule has 2 nitrogen and oxygen atoms in total. The normalized spacial score (nSPS) is 10.2. The minimum Gasteiger partial charge on any atom is -0.399 e. The Labute approximate surface area is 75.2 Å². The highest BCUT2D eigenvalue weighted by Gasteiger charge is 2.04. The van der Waals surface area contributed by atoms with Crippen LogP contribution in [0.2, 0.25) is 0 Å². The van der Waals surface area contributed by atoms with Crippen molar-refractivity contribution in [3.63, 3.8) is 0 Å². The van der Waals surface area contributed by atoms with Gasteiger partial charge in [0.05, 0.1) is 0 Å². The maximum Gasteiger partial charge on any atom is 0.134 e. The van der Waals surface area contributed by atoms with E-state index in [1.165, 1.54) is 6.07 Å². The van der Waals surface area contributed by atoms with Gasteiger partial charge in [-0.15, -0.1) is 0 Å². The van der Waals surface area contributed by atoms with Crippen molar-refractivity contribution in [2.24, 2.45) is 0 Å².